The van der Waals surface area contributed by atoms with Gasteiger partial charge in [-0.3, -0.25) is 0 Å². The van der Waals surface area contributed by atoms with E-state index in [0.717, 1.165) is 13.0 Å². The molecule has 1 aromatic rings. The minimum absolute atomic E-state index is 0.0922. The van der Waals surface area contributed by atoms with Gasteiger partial charge in [0.1, 0.15) is 0 Å². The zero-order chi connectivity index (χ0) is 12.8. The molecule has 0 saturated carbocycles. The standard InChI is InChI=1S/C15H22N2/c1-5-13(9-16)10-17-15-12(4)7-6-8-14(15)11(2)3/h6-8,11,13,17H,5,10H2,1-4H3. The van der Waals surface area contributed by atoms with Gasteiger partial charge in [0.25, 0.3) is 0 Å². The number of nitriles is 1. The van der Waals surface area contributed by atoms with Crippen molar-refractivity contribution in [1.29, 1.82) is 5.26 Å². The first-order valence-electron chi connectivity index (χ1n) is 6.33. The second-order valence-electron chi connectivity index (χ2n) is 4.81. The first kappa shape index (κ1) is 13.6. The maximum Gasteiger partial charge on any atom is 0.0674 e. The Morgan fingerprint density at radius 2 is 2.06 bits per heavy atom. The first-order valence-corrected chi connectivity index (χ1v) is 6.33. The van der Waals surface area contributed by atoms with Crippen LogP contribution in [0.5, 0.6) is 0 Å². The highest BCUT2D eigenvalue weighted by atomic mass is 14.9. The summed E-state index contributed by atoms with van der Waals surface area (Å²) >= 11 is 0. The molecule has 0 spiro atoms. The molecule has 1 unspecified atom stereocenters. The average molecular weight is 230 g/mol. The molecule has 2 nitrogen and oxygen atoms in total. The van der Waals surface area contributed by atoms with Crippen LogP contribution in [0.4, 0.5) is 5.69 Å². The number of aryl methyl sites for hydroxylation is 1. The van der Waals surface area contributed by atoms with Crippen LogP contribution >= 0.6 is 0 Å². The Bertz CT molecular complexity index is 402. The van der Waals surface area contributed by atoms with E-state index < -0.39 is 0 Å². The zero-order valence-electron chi connectivity index (χ0n) is 11.2. The van der Waals surface area contributed by atoms with Gasteiger partial charge in [-0.1, -0.05) is 39.0 Å². The highest BCUT2D eigenvalue weighted by molar-refractivity contribution is 5.58. The van der Waals surface area contributed by atoms with Crippen LogP contribution in [0.2, 0.25) is 0 Å². The van der Waals surface area contributed by atoms with Crippen LogP contribution in [0.1, 0.15) is 44.2 Å². The third kappa shape index (κ3) is 3.49. The van der Waals surface area contributed by atoms with Gasteiger partial charge in [0, 0.05) is 12.2 Å². The van der Waals surface area contributed by atoms with Crippen molar-refractivity contribution in [3.63, 3.8) is 0 Å². The Labute approximate surface area is 105 Å². The molecule has 0 aliphatic heterocycles. The van der Waals surface area contributed by atoms with Gasteiger partial charge >= 0.3 is 0 Å². The number of rotatable bonds is 5. The Morgan fingerprint density at radius 3 is 2.59 bits per heavy atom. The van der Waals surface area contributed by atoms with E-state index in [4.69, 9.17) is 5.26 Å². The van der Waals surface area contributed by atoms with Gasteiger partial charge in [0.05, 0.1) is 12.0 Å². The van der Waals surface area contributed by atoms with Crippen molar-refractivity contribution in [3.8, 4) is 6.07 Å². The molecule has 17 heavy (non-hydrogen) atoms. The van der Waals surface area contributed by atoms with E-state index in [0.29, 0.717) is 5.92 Å². The molecule has 0 aliphatic carbocycles. The maximum absolute atomic E-state index is 8.96. The predicted octanol–water partition coefficient (Wildman–Crippen LogP) is 4.08. The third-order valence-corrected chi connectivity index (χ3v) is 3.13. The first-order chi connectivity index (χ1) is 8.10. The zero-order valence-corrected chi connectivity index (χ0v) is 11.2. The molecule has 2 heteroatoms. The van der Waals surface area contributed by atoms with E-state index >= 15 is 0 Å². The lowest BCUT2D eigenvalue weighted by Gasteiger charge is -2.18. The number of nitrogens with zero attached hydrogens (tertiary/aromatic N) is 1. The maximum atomic E-state index is 8.96. The van der Waals surface area contributed by atoms with Crippen LogP contribution < -0.4 is 5.32 Å². The minimum atomic E-state index is 0.0922. The van der Waals surface area contributed by atoms with E-state index in [-0.39, 0.29) is 5.92 Å². The van der Waals surface area contributed by atoms with Crippen molar-refractivity contribution in [2.24, 2.45) is 5.92 Å². The van der Waals surface area contributed by atoms with Gasteiger partial charge in [0.15, 0.2) is 0 Å². The van der Waals surface area contributed by atoms with Gasteiger partial charge in [0.2, 0.25) is 0 Å². The topological polar surface area (TPSA) is 35.8 Å². The molecule has 0 saturated heterocycles. The predicted molar refractivity (Wildman–Crippen MR) is 73.2 cm³/mol. The Balaban J connectivity index is 2.86. The second kappa shape index (κ2) is 6.30. The number of hydrogen-bond donors (Lipinski definition) is 1. The lowest BCUT2D eigenvalue weighted by molar-refractivity contribution is 0.672. The number of nitrogens with one attached hydrogen (secondary N) is 1. The summed E-state index contributed by atoms with van der Waals surface area (Å²) in [4.78, 5) is 0. The summed E-state index contributed by atoms with van der Waals surface area (Å²) in [6, 6.07) is 8.69. The fourth-order valence-corrected chi connectivity index (χ4v) is 1.92. The summed E-state index contributed by atoms with van der Waals surface area (Å²) in [5.41, 5.74) is 3.79. The lowest BCUT2D eigenvalue weighted by atomic mass is 9.97. The van der Waals surface area contributed by atoms with Crippen molar-refractivity contribution in [2.75, 3.05) is 11.9 Å². The van der Waals surface area contributed by atoms with E-state index in [1.54, 1.807) is 0 Å². The van der Waals surface area contributed by atoms with Crippen LogP contribution in [-0.2, 0) is 0 Å². The fraction of sp³-hybridized carbons (Fsp3) is 0.533. The summed E-state index contributed by atoms with van der Waals surface area (Å²) in [7, 11) is 0. The summed E-state index contributed by atoms with van der Waals surface area (Å²) < 4.78 is 0. The largest absolute Gasteiger partial charge is 0.383 e. The number of benzene rings is 1. The van der Waals surface area contributed by atoms with Gasteiger partial charge in [-0.05, 0) is 30.4 Å². The summed E-state index contributed by atoms with van der Waals surface area (Å²) in [5.74, 6) is 0.592. The van der Waals surface area contributed by atoms with E-state index in [2.05, 4.69) is 57.3 Å². The van der Waals surface area contributed by atoms with Crippen LogP contribution in [0, 0.1) is 24.2 Å². The number of para-hydroxylation sites is 1. The van der Waals surface area contributed by atoms with Gasteiger partial charge in [-0.2, -0.15) is 5.26 Å². The molecular formula is C15H22N2. The molecular weight excluding hydrogens is 208 g/mol. The molecule has 0 amide bonds. The summed E-state index contributed by atoms with van der Waals surface area (Å²) in [5, 5.41) is 12.4. The minimum Gasteiger partial charge on any atom is -0.383 e. The molecule has 1 N–H and O–H groups in total. The Kier molecular flexibility index (Phi) is 5.03. The second-order valence-corrected chi connectivity index (χ2v) is 4.81. The van der Waals surface area contributed by atoms with Gasteiger partial charge < -0.3 is 5.32 Å². The fourth-order valence-electron chi connectivity index (χ4n) is 1.92. The van der Waals surface area contributed by atoms with E-state index in [9.17, 15) is 0 Å². The number of hydrogen-bond acceptors (Lipinski definition) is 2. The third-order valence-electron chi connectivity index (χ3n) is 3.13. The Hall–Kier alpha value is -1.49. The van der Waals surface area contributed by atoms with E-state index in [1.807, 2.05) is 0 Å². The van der Waals surface area contributed by atoms with Crippen molar-refractivity contribution >= 4 is 5.69 Å². The van der Waals surface area contributed by atoms with Crippen LogP contribution in [0.25, 0.3) is 0 Å². The van der Waals surface area contributed by atoms with Crippen LogP contribution in [0.15, 0.2) is 18.2 Å². The molecule has 0 heterocycles. The molecule has 1 aromatic carbocycles. The van der Waals surface area contributed by atoms with Gasteiger partial charge in [-0.25, -0.2) is 0 Å². The normalized spacial score (nSPS) is 12.2. The highest BCUT2D eigenvalue weighted by Crippen LogP contribution is 2.27. The smallest absolute Gasteiger partial charge is 0.0674 e. The average Bonchev–Trinajstić information content (AvgIpc) is 2.31. The highest BCUT2D eigenvalue weighted by Gasteiger charge is 2.10. The Morgan fingerprint density at radius 1 is 1.35 bits per heavy atom. The quantitative estimate of drug-likeness (QED) is 0.827. The molecule has 1 rings (SSSR count). The number of anilines is 1. The van der Waals surface area contributed by atoms with Gasteiger partial charge in [-0.15, -0.1) is 0 Å². The van der Waals surface area contributed by atoms with Crippen LogP contribution in [-0.4, -0.2) is 6.54 Å². The molecule has 0 bridgehead atoms. The van der Waals surface area contributed by atoms with E-state index in [1.165, 1.54) is 16.8 Å². The van der Waals surface area contributed by atoms with Crippen molar-refractivity contribution in [3.05, 3.63) is 29.3 Å². The van der Waals surface area contributed by atoms with Crippen LogP contribution in [0.3, 0.4) is 0 Å². The monoisotopic (exact) mass is 230 g/mol. The molecule has 1 atom stereocenters. The SMILES string of the molecule is CCC(C#N)CNc1c(C)cccc1C(C)C. The molecule has 0 fully saturated rings. The van der Waals surface area contributed by atoms with Crippen molar-refractivity contribution < 1.29 is 0 Å². The lowest BCUT2D eigenvalue weighted by Crippen LogP contribution is -2.14. The molecule has 92 valence electrons. The van der Waals surface area contributed by atoms with Crippen molar-refractivity contribution in [1.82, 2.24) is 0 Å². The summed E-state index contributed by atoms with van der Waals surface area (Å²) in [6.45, 7) is 9.29. The summed E-state index contributed by atoms with van der Waals surface area (Å²) in [6.07, 6.45) is 0.895. The van der Waals surface area contributed by atoms with Crippen molar-refractivity contribution in [2.45, 2.75) is 40.0 Å². The molecule has 0 aromatic heterocycles. The molecule has 0 aliphatic rings. The molecule has 0 radical (unpaired) electrons.